The molecule has 114 valence electrons. The Labute approximate surface area is 128 Å². The number of ether oxygens (including phenoxy) is 1. The van der Waals surface area contributed by atoms with Crippen LogP contribution in [0.3, 0.4) is 0 Å². The highest BCUT2D eigenvalue weighted by atomic mass is 16.5. The number of nitrogens with one attached hydrogen (secondary N) is 1. The van der Waals surface area contributed by atoms with Crippen LogP contribution in [-0.4, -0.2) is 29.8 Å². The molecule has 0 fully saturated rings. The molecule has 5 heteroatoms. The van der Waals surface area contributed by atoms with E-state index in [1.54, 1.807) is 54.6 Å². The molecule has 1 amide bonds. The second kappa shape index (κ2) is 6.87. The zero-order valence-electron chi connectivity index (χ0n) is 12.2. The van der Waals surface area contributed by atoms with E-state index in [4.69, 9.17) is 4.74 Å². The Morgan fingerprint density at radius 1 is 1.05 bits per heavy atom. The van der Waals surface area contributed by atoms with Crippen LogP contribution in [0.4, 0.5) is 0 Å². The summed E-state index contributed by atoms with van der Waals surface area (Å²) in [4.78, 5) is 23.9. The van der Waals surface area contributed by atoms with E-state index < -0.39 is 17.6 Å². The number of carboxylic acid groups (broad SMARTS) is 1. The van der Waals surface area contributed by atoms with Gasteiger partial charge in [-0.1, -0.05) is 48.5 Å². The fraction of sp³-hybridized carbons (Fsp3) is 0.176. The molecule has 2 N–H and O–H groups in total. The third kappa shape index (κ3) is 3.51. The van der Waals surface area contributed by atoms with Crippen molar-refractivity contribution in [3.8, 4) is 0 Å². The summed E-state index contributed by atoms with van der Waals surface area (Å²) in [6.45, 7) is 0. The van der Waals surface area contributed by atoms with Gasteiger partial charge in [0.25, 0.3) is 5.91 Å². The van der Waals surface area contributed by atoms with Gasteiger partial charge in [-0.3, -0.25) is 4.79 Å². The smallest absolute Gasteiger partial charge is 0.357 e. The molecular weight excluding hydrogens is 282 g/mol. The fourth-order valence-electron chi connectivity index (χ4n) is 2.11. The number of aliphatic carboxylic acids is 1. The first-order valence-electron chi connectivity index (χ1n) is 6.77. The van der Waals surface area contributed by atoms with Crippen molar-refractivity contribution < 1.29 is 19.4 Å². The molecule has 0 radical (unpaired) electrons. The molecule has 2 rings (SSSR count). The Morgan fingerprint density at radius 3 is 2.09 bits per heavy atom. The van der Waals surface area contributed by atoms with Crippen molar-refractivity contribution in [1.29, 1.82) is 0 Å². The summed E-state index contributed by atoms with van der Waals surface area (Å²) in [5.41, 5.74) is -0.688. The maximum absolute atomic E-state index is 12.3. The van der Waals surface area contributed by atoms with Crippen molar-refractivity contribution in [2.45, 2.75) is 12.1 Å². The second-order valence-corrected chi connectivity index (χ2v) is 4.82. The fourth-order valence-corrected chi connectivity index (χ4v) is 2.11. The van der Waals surface area contributed by atoms with Gasteiger partial charge in [0, 0.05) is 19.1 Å². The summed E-state index contributed by atoms with van der Waals surface area (Å²) in [5, 5.41) is 12.0. The normalized spacial score (nSPS) is 13.1. The lowest BCUT2D eigenvalue weighted by molar-refractivity contribution is -0.165. The average molecular weight is 299 g/mol. The van der Waals surface area contributed by atoms with Gasteiger partial charge in [-0.05, 0) is 17.7 Å². The minimum absolute atomic E-state index is 0.0260. The summed E-state index contributed by atoms with van der Waals surface area (Å²) in [6, 6.07) is 17.4. The number of amides is 1. The Hall–Kier alpha value is -2.66. The molecule has 0 aliphatic rings. The maximum atomic E-state index is 12.3. The van der Waals surface area contributed by atoms with Crippen molar-refractivity contribution in [3.63, 3.8) is 0 Å². The molecule has 0 aliphatic heterocycles. The van der Waals surface area contributed by atoms with Crippen LogP contribution >= 0.6 is 0 Å². The number of carbonyl (C=O) groups excluding carboxylic acids is 1. The summed E-state index contributed by atoms with van der Waals surface area (Å²) in [7, 11) is 1.27. The number of benzene rings is 2. The lowest BCUT2D eigenvalue weighted by atomic mass is 10.0. The van der Waals surface area contributed by atoms with Crippen molar-refractivity contribution in [1.82, 2.24) is 5.32 Å². The van der Waals surface area contributed by atoms with Gasteiger partial charge in [-0.2, -0.15) is 0 Å². The van der Waals surface area contributed by atoms with Gasteiger partial charge in [0.05, 0.1) is 0 Å². The van der Waals surface area contributed by atoms with E-state index in [1.165, 1.54) is 7.11 Å². The standard InChI is InChI=1S/C17H17NO4/c1-22-17(16(20)21,12-13-8-4-2-5-9-13)18-15(19)14-10-6-3-7-11-14/h2-11H,12H2,1H3,(H,18,19)(H,20,21). The van der Waals surface area contributed by atoms with Crippen LogP contribution in [0.5, 0.6) is 0 Å². The van der Waals surface area contributed by atoms with Gasteiger partial charge in [-0.15, -0.1) is 0 Å². The molecule has 0 saturated heterocycles. The summed E-state index contributed by atoms with van der Waals surface area (Å²) < 4.78 is 5.16. The van der Waals surface area contributed by atoms with Crippen molar-refractivity contribution in [3.05, 3.63) is 71.8 Å². The highest BCUT2D eigenvalue weighted by Gasteiger charge is 2.40. The molecule has 22 heavy (non-hydrogen) atoms. The Bertz CT molecular complexity index is 642. The van der Waals surface area contributed by atoms with Crippen LogP contribution in [0.1, 0.15) is 15.9 Å². The Balaban J connectivity index is 2.26. The van der Waals surface area contributed by atoms with E-state index in [9.17, 15) is 14.7 Å². The molecule has 1 atom stereocenters. The van der Waals surface area contributed by atoms with E-state index in [2.05, 4.69) is 5.32 Å². The lowest BCUT2D eigenvalue weighted by Gasteiger charge is -2.29. The first-order valence-corrected chi connectivity index (χ1v) is 6.77. The summed E-state index contributed by atoms with van der Waals surface area (Å²) in [5.74, 6) is -1.75. The Kier molecular flexibility index (Phi) is 4.91. The van der Waals surface area contributed by atoms with Crippen LogP contribution < -0.4 is 5.32 Å². The molecule has 0 heterocycles. The molecule has 0 aliphatic carbocycles. The monoisotopic (exact) mass is 299 g/mol. The quantitative estimate of drug-likeness (QED) is 0.801. The SMILES string of the molecule is COC(Cc1ccccc1)(NC(=O)c1ccccc1)C(=O)O. The number of hydrogen-bond donors (Lipinski definition) is 2. The zero-order valence-corrected chi connectivity index (χ0v) is 12.2. The van der Waals surface area contributed by atoms with Gasteiger partial charge in [0.2, 0.25) is 5.72 Å². The topological polar surface area (TPSA) is 75.6 Å². The van der Waals surface area contributed by atoms with Crippen molar-refractivity contribution in [2.75, 3.05) is 7.11 Å². The predicted molar refractivity (Wildman–Crippen MR) is 81.4 cm³/mol. The first-order chi connectivity index (χ1) is 10.6. The highest BCUT2D eigenvalue weighted by Crippen LogP contribution is 2.16. The minimum atomic E-state index is -1.81. The molecule has 0 bridgehead atoms. The van der Waals surface area contributed by atoms with E-state index in [0.29, 0.717) is 5.56 Å². The molecule has 2 aromatic carbocycles. The van der Waals surface area contributed by atoms with E-state index in [1.807, 2.05) is 6.07 Å². The van der Waals surface area contributed by atoms with Crippen LogP contribution in [0.15, 0.2) is 60.7 Å². The lowest BCUT2D eigenvalue weighted by Crippen LogP contribution is -2.57. The molecule has 0 spiro atoms. The number of methoxy groups -OCH3 is 1. The zero-order chi connectivity index (χ0) is 16.0. The summed E-state index contributed by atoms with van der Waals surface area (Å²) >= 11 is 0. The van der Waals surface area contributed by atoms with E-state index in [-0.39, 0.29) is 6.42 Å². The van der Waals surface area contributed by atoms with Gasteiger partial charge >= 0.3 is 5.97 Å². The predicted octanol–water partition coefficient (Wildman–Crippen LogP) is 2.09. The minimum Gasteiger partial charge on any atom is -0.478 e. The number of carboxylic acids is 1. The largest absolute Gasteiger partial charge is 0.478 e. The van der Waals surface area contributed by atoms with Crippen molar-refractivity contribution >= 4 is 11.9 Å². The van der Waals surface area contributed by atoms with Gasteiger partial charge in [0.15, 0.2) is 0 Å². The van der Waals surface area contributed by atoms with E-state index in [0.717, 1.165) is 5.56 Å². The van der Waals surface area contributed by atoms with Gasteiger partial charge in [-0.25, -0.2) is 4.79 Å². The molecule has 0 saturated carbocycles. The van der Waals surface area contributed by atoms with Gasteiger partial charge in [0.1, 0.15) is 0 Å². The third-order valence-electron chi connectivity index (χ3n) is 3.34. The molecule has 0 aromatic heterocycles. The van der Waals surface area contributed by atoms with Crippen LogP contribution in [-0.2, 0) is 16.0 Å². The van der Waals surface area contributed by atoms with Crippen LogP contribution in [0, 0.1) is 0 Å². The molecule has 2 aromatic rings. The molecule has 5 nitrogen and oxygen atoms in total. The molecular formula is C17H17NO4. The van der Waals surface area contributed by atoms with Crippen molar-refractivity contribution in [2.24, 2.45) is 0 Å². The van der Waals surface area contributed by atoms with Crippen LogP contribution in [0.2, 0.25) is 0 Å². The third-order valence-corrected chi connectivity index (χ3v) is 3.34. The number of rotatable bonds is 6. The number of carbonyl (C=O) groups is 2. The summed E-state index contributed by atoms with van der Waals surface area (Å²) in [6.07, 6.45) is 0.0260. The van der Waals surface area contributed by atoms with Gasteiger partial charge < -0.3 is 15.2 Å². The first kappa shape index (κ1) is 15.7. The molecule has 1 unspecified atom stereocenters. The highest BCUT2D eigenvalue weighted by molar-refractivity contribution is 5.97. The maximum Gasteiger partial charge on any atom is 0.357 e. The average Bonchev–Trinajstić information content (AvgIpc) is 2.55. The van der Waals surface area contributed by atoms with E-state index >= 15 is 0 Å². The Morgan fingerprint density at radius 2 is 1.59 bits per heavy atom. The van der Waals surface area contributed by atoms with Crippen LogP contribution in [0.25, 0.3) is 0 Å². The second-order valence-electron chi connectivity index (χ2n) is 4.82. The number of hydrogen-bond acceptors (Lipinski definition) is 3.